The first-order valence-corrected chi connectivity index (χ1v) is 11.7. The summed E-state index contributed by atoms with van der Waals surface area (Å²) in [6.45, 7) is 4.50. The quantitative estimate of drug-likeness (QED) is 0.584. The zero-order valence-corrected chi connectivity index (χ0v) is 18.4. The fourth-order valence-corrected chi connectivity index (χ4v) is 4.39. The summed E-state index contributed by atoms with van der Waals surface area (Å²) in [7, 11) is -3.70. The minimum absolute atomic E-state index is 0.0683. The van der Waals surface area contributed by atoms with Crippen LogP contribution in [0.1, 0.15) is 27.0 Å². The molecule has 6 nitrogen and oxygen atoms in total. The van der Waals surface area contributed by atoms with Gasteiger partial charge < -0.3 is 5.32 Å². The number of carbonyl (C=O) groups excluding carboxylic acids is 1. The predicted molar refractivity (Wildman–Crippen MR) is 118 cm³/mol. The van der Waals surface area contributed by atoms with Crippen LogP contribution in [-0.4, -0.2) is 25.9 Å². The Morgan fingerprint density at radius 1 is 1.10 bits per heavy atom. The normalized spacial score (nSPS) is 11.3. The van der Waals surface area contributed by atoms with Gasteiger partial charge in [-0.2, -0.15) is 0 Å². The van der Waals surface area contributed by atoms with Crippen molar-refractivity contribution in [3.63, 3.8) is 0 Å². The Kier molecular flexibility index (Phi) is 6.91. The van der Waals surface area contributed by atoms with E-state index in [1.165, 1.54) is 29.5 Å². The van der Waals surface area contributed by atoms with E-state index in [1.807, 2.05) is 26.0 Å². The molecule has 0 fully saturated rings. The summed E-state index contributed by atoms with van der Waals surface area (Å²) in [6, 6.07) is 16.0. The van der Waals surface area contributed by atoms with Crippen LogP contribution in [0.4, 0.5) is 0 Å². The van der Waals surface area contributed by atoms with E-state index in [0.717, 1.165) is 16.0 Å². The van der Waals surface area contributed by atoms with Crippen LogP contribution in [0.5, 0.6) is 0 Å². The second kappa shape index (κ2) is 9.42. The number of aryl methyl sites for hydroxylation is 2. The van der Waals surface area contributed by atoms with Crippen LogP contribution in [-0.2, 0) is 16.4 Å². The largest absolute Gasteiger partial charge is 0.352 e. The Morgan fingerprint density at radius 2 is 1.83 bits per heavy atom. The van der Waals surface area contributed by atoms with Crippen LogP contribution in [0.25, 0.3) is 0 Å². The molecule has 2 aromatic carbocycles. The number of nitrogens with zero attached hydrogens (tertiary/aromatic N) is 1. The summed E-state index contributed by atoms with van der Waals surface area (Å²) in [6.07, 6.45) is 2.24. The Labute approximate surface area is 181 Å². The lowest BCUT2D eigenvalue weighted by molar-refractivity contribution is 0.0950. The maximum Gasteiger partial charge on any atom is 0.254 e. The summed E-state index contributed by atoms with van der Waals surface area (Å²) in [5, 5.41) is 8.66. The maximum atomic E-state index is 12.7. The Bertz CT molecular complexity index is 1160. The lowest BCUT2D eigenvalue weighted by atomic mass is 10.1. The van der Waals surface area contributed by atoms with E-state index in [0.29, 0.717) is 23.6 Å². The van der Waals surface area contributed by atoms with Crippen LogP contribution in [0.15, 0.2) is 75.6 Å². The van der Waals surface area contributed by atoms with Gasteiger partial charge >= 0.3 is 0 Å². The number of hydrogen-bond acceptors (Lipinski definition) is 5. The monoisotopic (exact) mass is 441 g/mol. The SMILES string of the molecule is Cc1ccc(Sc2ncccc2C(=O)NCCc2ccc(S(N)(=O)=O)cc2)c(C)c1. The molecule has 1 aromatic heterocycles. The van der Waals surface area contributed by atoms with Gasteiger partial charge in [-0.15, -0.1) is 0 Å². The van der Waals surface area contributed by atoms with Gasteiger partial charge in [0.25, 0.3) is 5.91 Å². The second-order valence-electron chi connectivity index (χ2n) is 6.92. The molecule has 1 heterocycles. The lowest BCUT2D eigenvalue weighted by Crippen LogP contribution is -2.26. The van der Waals surface area contributed by atoms with E-state index < -0.39 is 10.0 Å². The first kappa shape index (κ1) is 22.0. The summed E-state index contributed by atoms with van der Waals surface area (Å²) in [5.74, 6) is -0.198. The molecule has 30 heavy (non-hydrogen) atoms. The van der Waals surface area contributed by atoms with Gasteiger partial charge in [-0.1, -0.05) is 41.6 Å². The first-order valence-electron chi connectivity index (χ1n) is 9.34. The third-order valence-electron chi connectivity index (χ3n) is 4.50. The number of benzene rings is 2. The molecule has 0 radical (unpaired) electrons. The molecule has 0 unspecified atom stereocenters. The van der Waals surface area contributed by atoms with Crippen LogP contribution >= 0.6 is 11.8 Å². The van der Waals surface area contributed by atoms with Crippen molar-refractivity contribution >= 4 is 27.7 Å². The molecule has 3 aromatic rings. The number of nitrogens with two attached hydrogens (primary N) is 1. The average Bonchev–Trinajstić information content (AvgIpc) is 2.70. The molecule has 156 valence electrons. The summed E-state index contributed by atoms with van der Waals surface area (Å²) in [5.41, 5.74) is 3.75. The van der Waals surface area contributed by atoms with Gasteiger partial charge in [0.05, 0.1) is 10.5 Å². The number of sulfonamides is 1. The first-order chi connectivity index (χ1) is 14.2. The predicted octanol–water partition coefficient (Wildman–Crippen LogP) is 3.47. The van der Waals surface area contributed by atoms with E-state index in [-0.39, 0.29) is 10.8 Å². The number of nitrogens with one attached hydrogen (secondary N) is 1. The Morgan fingerprint density at radius 3 is 2.50 bits per heavy atom. The molecule has 0 aliphatic heterocycles. The van der Waals surface area contributed by atoms with Crippen molar-refractivity contribution in [2.75, 3.05) is 6.54 Å². The van der Waals surface area contributed by atoms with E-state index in [2.05, 4.69) is 16.4 Å². The van der Waals surface area contributed by atoms with Crippen LogP contribution in [0, 0.1) is 13.8 Å². The minimum atomic E-state index is -3.70. The van der Waals surface area contributed by atoms with Crippen molar-refractivity contribution in [1.82, 2.24) is 10.3 Å². The fourth-order valence-electron chi connectivity index (χ4n) is 2.92. The summed E-state index contributed by atoms with van der Waals surface area (Å²) < 4.78 is 22.6. The van der Waals surface area contributed by atoms with Crippen LogP contribution in [0.2, 0.25) is 0 Å². The zero-order chi connectivity index (χ0) is 21.7. The van der Waals surface area contributed by atoms with E-state index in [4.69, 9.17) is 5.14 Å². The number of aromatic nitrogens is 1. The summed E-state index contributed by atoms with van der Waals surface area (Å²) in [4.78, 5) is 18.2. The van der Waals surface area contributed by atoms with Gasteiger partial charge in [0.15, 0.2) is 0 Å². The van der Waals surface area contributed by atoms with Crippen LogP contribution < -0.4 is 10.5 Å². The highest BCUT2D eigenvalue weighted by Gasteiger charge is 2.14. The molecule has 8 heteroatoms. The third-order valence-corrected chi connectivity index (χ3v) is 6.63. The second-order valence-corrected chi connectivity index (χ2v) is 9.51. The van der Waals surface area contributed by atoms with Crippen LogP contribution in [0.3, 0.4) is 0 Å². The maximum absolute atomic E-state index is 12.7. The number of primary sulfonamides is 1. The molecule has 0 saturated heterocycles. The van der Waals surface area contributed by atoms with Gasteiger partial charge in [0.2, 0.25) is 10.0 Å². The molecule has 1 amide bonds. The van der Waals surface area contributed by atoms with Gasteiger partial charge in [-0.05, 0) is 61.7 Å². The number of hydrogen-bond donors (Lipinski definition) is 2. The Balaban J connectivity index is 1.64. The van der Waals surface area contributed by atoms with E-state index in [9.17, 15) is 13.2 Å². The van der Waals surface area contributed by atoms with Crippen molar-refractivity contribution in [2.45, 2.75) is 35.1 Å². The lowest BCUT2D eigenvalue weighted by Gasteiger charge is -2.11. The molecule has 0 aliphatic rings. The third kappa shape index (κ3) is 5.69. The average molecular weight is 442 g/mol. The van der Waals surface area contributed by atoms with Gasteiger partial charge in [-0.3, -0.25) is 4.79 Å². The van der Waals surface area contributed by atoms with E-state index in [1.54, 1.807) is 30.5 Å². The van der Waals surface area contributed by atoms with E-state index >= 15 is 0 Å². The standard InChI is InChI=1S/C22H23N3O3S2/c1-15-5-10-20(16(2)14-15)29-22-19(4-3-12-25-22)21(26)24-13-11-17-6-8-18(9-7-17)30(23,27)28/h3-10,12,14H,11,13H2,1-2H3,(H,24,26)(H2,23,27,28). The Hall–Kier alpha value is -2.68. The van der Waals surface area contributed by atoms with Crippen molar-refractivity contribution in [1.29, 1.82) is 0 Å². The highest BCUT2D eigenvalue weighted by atomic mass is 32.2. The van der Waals surface area contributed by atoms with Crippen molar-refractivity contribution in [3.05, 3.63) is 83.0 Å². The molecule has 3 rings (SSSR count). The minimum Gasteiger partial charge on any atom is -0.352 e. The van der Waals surface area contributed by atoms with Crippen molar-refractivity contribution < 1.29 is 13.2 Å². The smallest absolute Gasteiger partial charge is 0.254 e. The molecular formula is C22H23N3O3S2. The highest BCUT2D eigenvalue weighted by molar-refractivity contribution is 7.99. The molecule has 3 N–H and O–H groups in total. The number of carbonyl (C=O) groups is 1. The molecular weight excluding hydrogens is 418 g/mol. The molecule has 0 saturated carbocycles. The summed E-state index contributed by atoms with van der Waals surface area (Å²) >= 11 is 1.47. The van der Waals surface area contributed by atoms with Gasteiger partial charge in [-0.25, -0.2) is 18.5 Å². The number of amides is 1. The fraction of sp³-hybridized carbons (Fsp3) is 0.182. The van der Waals surface area contributed by atoms with Crippen molar-refractivity contribution in [3.8, 4) is 0 Å². The molecule has 0 bridgehead atoms. The topological polar surface area (TPSA) is 102 Å². The molecule has 0 spiro atoms. The molecule has 0 aliphatic carbocycles. The molecule has 0 atom stereocenters. The van der Waals surface area contributed by atoms with Crippen molar-refractivity contribution in [2.24, 2.45) is 5.14 Å². The van der Waals surface area contributed by atoms with Gasteiger partial charge in [0, 0.05) is 17.6 Å². The number of pyridine rings is 1. The zero-order valence-electron chi connectivity index (χ0n) is 16.8. The number of rotatable bonds is 7. The van der Waals surface area contributed by atoms with Gasteiger partial charge in [0.1, 0.15) is 5.03 Å². The highest BCUT2D eigenvalue weighted by Crippen LogP contribution is 2.31.